The van der Waals surface area contributed by atoms with Gasteiger partial charge in [0.25, 0.3) is 0 Å². The normalized spacial score (nSPS) is 11.3. The van der Waals surface area contributed by atoms with Gasteiger partial charge in [-0.1, -0.05) is 11.8 Å². The maximum atomic E-state index is 6.03. The number of nitrogens with zero attached hydrogens (tertiary/aromatic N) is 5. The molecule has 3 heterocycles. The molecule has 0 unspecified atom stereocenters. The Morgan fingerprint density at radius 3 is 2.61 bits per heavy atom. The minimum absolute atomic E-state index is 0.511. The average molecular weight is 328 g/mol. The van der Waals surface area contributed by atoms with Crippen molar-refractivity contribution in [2.45, 2.75) is 38.9 Å². The lowest BCUT2D eigenvalue weighted by Crippen LogP contribution is -2.04. The topological polar surface area (TPSA) is 82.5 Å². The zero-order chi connectivity index (χ0) is 16.4. The minimum atomic E-state index is 0.511. The van der Waals surface area contributed by atoms with E-state index >= 15 is 0 Å². The van der Waals surface area contributed by atoms with Crippen molar-refractivity contribution in [3.05, 3.63) is 35.5 Å². The highest BCUT2D eigenvalue weighted by molar-refractivity contribution is 7.99. The third-order valence-electron chi connectivity index (χ3n) is 3.89. The fourth-order valence-corrected chi connectivity index (χ4v) is 3.36. The molecule has 0 aliphatic heterocycles. The van der Waals surface area contributed by atoms with Gasteiger partial charge in [0.1, 0.15) is 11.3 Å². The molecule has 3 rings (SSSR count). The first-order chi connectivity index (χ1) is 11.1. The number of hydrogen-bond donors (Lipinski definition) is 1. The highest BCUT2D eigenvalue weighted by Crippen LogP contribution is 2.26. The Morgan fingerprint density at radius 1 is 1.13 bits per heavy atom. The Labute approximate surface area is 139 Å². The van der Waals surface area contributed by atoms with E-state index in [0.717, 1.165) is 52.0 Å². The van der Waals surface area contributed by atoms with E-state index in [1.165, 1.54) is 0 Å². The van der Waals surface area contributed by atoms with Gasteiger partial charge in [-0.2, -0.15) is 0 Å². The van der Waals surface area contributed by atoms with Gasteiger partial charge in [-0.3, -0.25) is 0 Å². The quantitative estimate of drug-likeness (QED) is 0.440. The number of thioether (sulfide) groups is 1. The molecule has 0 aromatic carbocycles. The Bertz CT molecular complexity index is 828. The maximum absolute atomic E-state index is 6.03. The number of imidazole rings is 1. The number of anilines is 1. The molecule has 0 aliphatic carbocycles. The first-order valence-corrected chi connectivity index (χ1v) is 8.56. The van der Waals surface area contributed by atoms with Crippen molar-refractivity contribution < 1.29 is 0 Å². The molecule has 7 heteroatoms. The van der Waals surface area contributed by atoms with Crippen molar-refractivity contribution in [3.8, 4) is 0 Å². The van der Waals surface area contributed by atoms with Gasteiger partial charge in [0.15, 0.2) is 11.0 Å². The average Bonchev–Trinajstić information content (AvgIpc) is 2.88. The molecule has 0 spiro atoms. The fourth-order valence-electron chi connectivity index (χ4n) is 2.63. The molecule has 0 saturated carbocycles. The van der Waals surface area contributed by atoms with Gasteiger partial charge in [-0.15, -0.1) is 0 Å². The first-order valence-electron chi connectivity index (χ1n) is 7.57. The zero-order valence-corrected chi connectivity index (χ0v) is 14.4. The van der Waals surface area contributed by atoms with Crippen molar-refractivity contribution >= 4 is 28.6 Å². The number of hydrogen-bond acceptors (Lipinski definition) is 6. The van der Waals surface area contributed by atoms with Gasteiger partial charge in [-0.25, -0.2) is 19.9 Å². The van der Waals surface area contributed by atoms with Gasteiger partial charge in [0.2, 0.25) is 0 Å². The van der Waals surface area contributed by atoms with Crippen LogP contribution in [0, 0.1) is 20.8 Å². The van der Waals surface area contributed by atoms with Crippen LogP contribution in [0.25, 0.3) is 11.0 Å². The second-order valence-corrected chi connectivity index (χ2v) is 6.51. The summed E-state index contributed by atoms with van der Waals surface area (Å²) in [5.74, 6) is 2.45. The molecular weight excluding hydrogens is 308 g/mol. The van der Waals surface area contributed by atoms with E-state index in [2.05, 4.69) is 31.4 Å². The summed E-state index contributed by atoms with van der Waals surface area (Å²) in [6.07, 6.45) is 4.55. The summed E-state index contributed by atoms with van der Waals surface area (Å²) in [5, 5.41) is 0.820. The SMILES string of the molecule is Cc1nc(N)c2nc(C)n(CCCSc3ncccn3)c2c1C. The highest BCUT2D eigenvalue weighted by atomic mass is 32.2. The lowest BCUT2D eigenvalue weighted by Gasteiger charge is -2.10. The summed E-state index contributed by atoms with van der Waals surface area (Å²) >= 11 is 1.67. The molecular formula is C16H20N6S. The number of nitrogen functional groups attached to an aromatic ring is 1. The molecule has 120 valence electrons. The first kappa shape index (κ1) is 15.7. The second-order valence-electron chi connectivity index (χ2n) is 5.45. The molecule has 6 nitrogen and oxygen atoms in total. The smallest absolute Gasteiger partial charge is 0.187 e. The molecule has 0 bridgehead atoms. The molecule has 0 saturated heterocycles. The molecule has 0 amide bonds. The molecule has 0 fully saturated rings. The van der Waals surface area contributed by atoms with Crippen molar-refractivity contribution in [3.63, 3.8) is 0 Å². The van der Waals surface area contributed by atoms with Crippen molar-refractivity contribution in [2.24, 2.45) is 0 Å². The van der Waals surface area contributed by atoms with E-state index in [0.29, 0.717) is 5.82 Å². The standard InChI is InChI=1S/C16H20N6S/c1-10-11(2)20-15(17)13-14(10)22(12(3)21-13)8-5-9-23-16-18-6-4-7-19-16/h4,6-7H,5,8-9H2,1-3H3,(H2,17,20). The molecule has 0 radical (unpaired) electrons. The predicted octanol–water partition coefficient (Wildman–Crippen LogP) is 2.91. The van der Waals surface area contributed by atoms with Crippen LogP contribution in [-0.2, 0) is 6.54 Å². The lowest BCUT2D eigenvalue weighted by molar-refractivity contribution is 0.678. The van der Waals surface area contributed by atoms with Crippen LogP contribution in [0.1, 0.15) is 23.5 Å². The van der Waals surface area contributed by atoms with Gasteiger partial charge >= 0.3 is 0 Å². The van der Waals surface area contributed by atoms with E-state index in [1.807, 2.05) is 19.9 Å². The van der Waals surface area contributed by atoms with Crippen molar-refractivity contribution in [1.82, 2.24) is 24.5 Å². The molecule has 23 heavy (non-hydrogen) atoms. The van der Waals surface area contributed by atoms with Crippen molar-refractivity contribution in [1.29, 1.82) is 0 Å². The van der Waals surface area contributed by atoms with E-state index in [4.69, 9.17) is 5.73 Å². The number of pyridine rings is 1. The van der Waals surface area contributed by atoms with Crippen LogP contribution in [0.2, 0.25) is 0 Å². The van der Waals surface area contributed by atoms with Crippen LogP contribution in [0.4, 0.5) is 5.82 Å². The summed E-state index contributed by atoms with van der Waals surface area (Å²) in [4.78, 5) is 17.4. The molecule has 0 atom stereocenters. The zero-order valence-electron chi connectivity index (χ0n) is 13.6. The van der Waals surface area contributed by atoms with Crippen LogP contribution < -0.4 is 5.73 Å². The van der Waals surface area contributed by atoms with Crippen LogP contribution >= 0.6 is 11.8 Å². The van der Waals surface area contributed by atoms with Gasteiger partial charge in [0.05, 0.1) is 5.52 Å². The van der Waals surface area contributed by atoms with Crippen molar-refractivity contribution in [2.75, 3.05) is 11.5 Å². The Kier molecular flexibility index (Phi) is 4.47. The monoisotopic (exact) mass is 328 g/mol. The summed E-state index contributed by atoms with van der Waals surface area (Å²) in [6.45, 7) is 6.97. The van der Waals surface area contributed by atoms with E-state index in [9.17, 15) is 0 Å². The summed E-state index contributed by atoms with van der Waals surface area (Å²) < 4.78 is 2.24. The lowest BCUT2D eigenvalue weighted by atomic mass is 10.2. The Hall–Kier alpha value is -2.15. The largest absolute Gasteiger partial charge is 0.382 e. The van der Waals surface area contributed by atoms with Crippen LogP contribution in [0.3, 0.4) is 0 Å². The Balaban J connectivity index is 1.76. The van der Waals surface area contributed by atoms with Gasteiger partial charge in [-0.05, 0) is 38.8 Å². The highest BCUT2D eigenvalue weighted by Gasteiger charge is 2.15. The summed E-state index contributed by atoms with van der Waals surface area (Å²) in [6, 6.07) is 1.83. The summed E-state index contributed by atoms with van der Waals surface area (Å²) in [5.41, 5.74) is 10.1. The predicted molar refractivity (Wildman–Crippen MR) is 93.5 cm³/mol. The number of aryl methyl sites for hydroxylation is 4. The van der Waals surface area contributed by atoms with Crippen LogP contribution in [0.15, 0.2) is 23.6 Å². The summed E-state index contributed by atoms with van der Waals surface area (Å²) in [7, 11) is 0. The third-order valence-corrected chi connectivity index (χ3v) is 4.85. The van der Waals surface area contributed by atoms with E-state index in [-0.39, 0.29) is 0 Å². The minimum Gasteiger partial charge on any atom is -0.382 e. The van der Waals surface area contributed by atoms with Gasteiger partial charge in [0, 0.05) is 30.4 Å². The molecule has 3 aromatic heterocycles. The molecule has 3 aromatic rings. The maximum Gasteiger partial charge on any atom is 0.187 e. The number of aromatic nitrogens is 5. The van der Waals surface area contributed by atoms with Gasteiger partial charge < -0.3 is 10.3 Å². The second kappa shape index (κ2) is 6.54. The number of rotatable bonds is 5. The molecule has 2 N–H and O–H groups in total. The van der Waals surface area contributed by atoms with E-state index < -0.39 is 0 Å². The third kappa shape index (κ3) is 3.14. The fraction of sp³-hybridized carbons (Fsp3) is 0.375. The number of nitrogens with two attached hydrogens (primary N) is 1. The number of fused-ring (bicyclic) bond motifs is 1. The van der Waals surface area contributed by atoms with Crippen LogP contribution in [0.5, 0.6) is 0 Å². The molecule has 0 aliphatic rings. The Morgan fingerprint density at radius 2 is 1.87 bits per heavy atom. The van der Waals surface area contributed by atoms with Crippen LogP contribution in [-0.4, -0.2) is 30.3 Å². The van der Waals surface area contributed by atoms with E-state index in [1.54, 1.807) is 24.2 Å².